The Morgan fingerprint density at radius 1 is 1.36 bits per heavy atom. The normalized spacial score (nSPS) is 22.9. The average molecular weight is 345 g/mol. The lowest BCUT2D eigenvalue weighted by atomic mass is 9.82. The molecule has 2 fully saturated rings. The van der Waals surface area contributed by atoms with Crippen molar-refractivity contribution >= 4 is 5.91 Å². The molecule has 1 aromatic heterocycles. The summed E-state index contributed by atoms with van der Waals surface area (Å²) in [5.74, 6) is -0.0200. The molecular formula is C18H27N5O2. The van der Waals surface area contributed by atoms with E-state index in [1.165, 1.54) is 0 Å². The van der Waals surface area contributed by atoms with Crippen molar-refractivity contribution in [2.45, 2.75) is 57.2 Å². The highest BCUT2D eigenvalue weighted by Crippen LogP contribution is 2.27. The van der Waals surface area contributed by atoms with E-state index in [4.69, 9.17) is 4.52 Å². The minimum atomic E-state index is -0.654. The molecule has 25 heavy (non-hydrogen) atoms. The van der Waals surface area contributed by atoms with E-state index in [0.29, 0.717) is 0 Å². The first-order valence-electron chi connectivity index (χ1n) is 9.21. The van der Waals surface area contributed by atoms with Gasteiger partial charge in [-0.15, -0.1) is 0 Å². The molecule has 2 aliphatic rings. The van der Waals surface area contributed by atoms with Crippen molar-refractivity contribution in [2.75, 3.05) is 26.2 Å². The van der Waals surface area contributed by atoms with Gasteiger partial charge in [0.2, 0.25) is 5.91 Å². The molecule has 1 N–H and O–H groups in total. The Labute approximate surface area is 148 Å². The molecule has 3 rings (SSSR count). The first-order chi connectivity index (χ1) is 12.1. The topological polar surface area (TPSA) is 85.4 Å². The summed E-state index contributed by atoms with van der Waals surface area (Å²) in [5, 5.41) is 16.5. The SMILES string of the molecule is C[C@@H](C(=O)NC1(C#N)CCCCC1)N1CCN(Cc2ccon2)CC1. The number of aromatic nitrogens is 1. The van der Waals surface area contributed by atoms with Crippen LogP contribution in [-0.4, -0.2) is 58.6 Å². The summed E-state index contributed by atoms with van der Waals surface area (Å²) in [6.45, 7) is 6.19. The number of nitrogens with one attached hydrogen (secondary N) is 1. The molecule has 7 nitrogen and oxygen atoms in total. The van der Waals surface area contributed by atoms with Crippen LogP contribution in [-0.2, 0) is 11.3 Å². The van der Waals surface area contributed by atoms with Crippen LogP contribution in [0.4, 0.5) is 0 Å². The van der Waals surface area contributed by atoms with Crippen LogP contribution in [0.25, 0.3) is 0 Å². The summed E-state index contributed by atoms with van der Waals surface area (Å²) in [6, 6.07) is 4.04. The third-order valence-corrected chi connectivity index (χ3v) is 5.49. The van der Waals surface area contributed by atoms with Gasteiger partial charge in [0, 0.05) is 38.8 Å². The van der Waals surface area contributed by atoms with Crippen LogP contribution in [0.15, 0.2) is 16.9 Å². The van der Waals surface area contributed by atoms with E-state index in [1.54, 1.807) is 6.26 Å². The Balaban J connectivity index is 1.49. The largest absolute Gasteiger partial charge is 0.364 e. The predicted octanol–water partition coefficient (Wildman–Crippen LogP) is 1.52. The molecule has 2 heterocycles. The maximum atomic E-state index is 12.7. The van der Waals surface area contributed by atoms with Gasteiger partial charge in [-0.1, -0.05) is 24.4 Å². The van der Waals surface area contributed by atoms with Crippen LogP contribution in [0.5, 0.6) is 0 Å². The number of carbonyl (C=O) groups excluding carboxylic acids is 1. The van der Waals surface area contributed by atoms with Gasteiger partial charge < -0.3 is 9.84 Å². The standard InChI is InChI=1S/C18H27N5O2/c1-15(17(24)20-18(14-19)6-3-2-4-7-18)23-10-8-22(9-11-23)13-16-5-12-25-21-16/h5,12,15H,2-4,6-11,13H2,1H3,(H,20,24)/t15-/m0/s1. The Bertz CT molecular complexity index is 595. The lowest BCUT2D eigenvalue weighted by Gasteiger charge is -2.39. The van der Waals surface area contributed by atoms with E-state index in [0.717, 1.165) is 70.5 Å². The number of hydrogen-bond acceptors (Lipinski definition) is 6. The van der Waals surface area contributed by atoms with Gasteiger partial charge in [-0.3, -0.25) is 14.6 Å². The zero-order valence-corrected chi connectivity index (χ0v) is 14.9. The van der Waals surface area contributed by atoms with Crippen LogP contribution in [0, 0.1) is 11.3 Å². The molecule has 0 aromatic carbocycles. The van der Waals surface area contributed by atoms with E-state index in [-0.39, 0.29) is 11.9 Å². The van der Waals surface area contributed by atoms with E-state index < -0.39 is 5.54 Å². The fourth-order valence-electron chi connectivity index (χ4n) is 3.78. The Kier molecular flexibility index (Phi) is 5.71. The van der Waals surface area contributed by atoms with Gasteiger partial charge in [0.1, 0.15) is 11.8 Å². The highest BCUT2D eigenvalue weighted by Gasteiger charge is 2.36. The van der Waals surface area contributed by atoms with Gasteiger partial charge in [0.15, 0.2) is 0 Å². The summed E-state index contributed by atoms with van der Waals surface area (Å²) < 4.78 is 4.87. The van der Waals surface area contributed by atoms with Crippen molar-refractivity contribution < 1.29 is 9.32 Å². The number of piperazine rings is 1. The molecule has 136 valence electrons. The molecule has 1 atom stereocenters. The Morgan fingerprint density at radius 3 is 2.68 bits per heavy atom. The van der Waals surface area contributed by atoms with Gasteiger partial charge in [0.25, 0.3) is 0 Å². The molecule has 0 spiro atoms. The summed E-state index contributed by atoms with van der Waals surface area (Å²) in [4.78, 5) is 17.2. The fourth-order valence-corrected chi connectivity index (χ4v) is 3.78. The van der Waals surface area contributed by atoms with Crippen LogP contribution in [0.2, 0.25) is 0 Å². The minimum Gasteiger partial charge on any atom is -0.364 e. The highest BCUT2D eigenvalue weighted by molar-refractivity contribution is 5.82. The Morgan fingerprint density at radius 2 is 2.08 bits per heavy atom. The second-order valence-electron chi connectivity index (χ2n) is 7.22. The fraction of sp³-hybridized carbons (Fsp3) is 0.722. The Hall–Kier alpha value is -1.91. The number of amides is 1. The first-order valence-corrected chi connectivity index (χ1v) is 9.21. The van der Waals surface area contributed by atoms with Crippen LogP contribution in [0.3, 0.4) is 0 Å². The van der Waals surface area contributed by atoms with Gasteiger partial charge >= 0.3 is 0 Å². The molecule has 1 saturated carbocycles. The van der Waals surface area contributed by atoms with Gasteiger partial charge in [0.05, 0.1) is 17.8 Å². The smallest absolute Gasteiger partial charge is 0.238 e. The second-order valence-corrected chi connectivity index (χ2v) is 7.22. The van der Waals surface area contributed by atoms with E-state index in [2.05, 4.69) is 26.3 Å². The molecule has 1 aromatic rings. The molecule has 1 aliphatic carbocycles. The minimum absolute atomic E-state index is 0.0200. The van der Waals surface area contributed by atoms with Gasteiger partial charge in [-0.2, -0.15) is 5.26 Å². The quantitative estimate of drug-likeness (QED) is 0.871. The average Bonchev–Trinajstić information content (AvgIpc) is 3.15. The summed E-state index contributed by atoms with van der Waals surface area (Å²) in [6.07, 6.45) is 6.32. The molecule has 0 radical (unpaired) electrons. The number of nitriles is 1. The van der Waals surface area contributed by atoms with Gasteiger partial charge in [-0.25, -0.2) is 0 Å². The zero-order chi connectivity index (χ0) is 17.7. The van der Waals surface area contributed by atoms with Crippen molar-refractivity contribution in [3.8, 4) is 6.07 Å². The number of rotatable bonds is 5. The maximum Gasteiger partial charge on any atom is 0.238 e. The number of hydrogen-bond donors (Lipinski definition) is 1. The molecule has 0 unspecified atom stereocenters. The first kappa shape index (κ1) is 17.9. The van der Waals surface area contributed by atoms with E-state index >= 15 is 0 Å². The molecule has 7 heteroatoms. The third kappa shape index (κ3) is 4.39. The van der Waals surface area contributed by atoms with Crippen LogP contribution < -0.4 is 5.32 Å². The van der Waals surface area contributed by atoms with Crippen LogP contribution >= 0.6 is 0 Å². The maximum absolute atomic E-state index is 12.7. The van der Waals surface area contributed by atoms with Crippen molar-refractivity contribution in [1.82, 2.24) is 20.3 Å². The zero-order valence-electron chi connectivity index (χ0n) is 14.9. The predicted molar refractivity (Wildman–Crippen MR) is 92.4 cm³/mol. The number of carbonyl (C=O) groups is 1. The van der Waals surface area contributed by atoms with E-state index in [1.807, 2.05) is 13.0 Å². The van der Waals surface area contributed by atoms with Crippen molar-refractivity contribution in [3.63, 3.8) is 0 Å². The lowest BCUT2D eigenvalue weighted by molar-refractivity contribution is -0.128. The summed E-state index contributed by atoms with van der Waals surface area (Å²) in [5.41, 5.74) is 0.283. The summed E-state index contributed by atoms with van der Waals surface area (Å²) >= 11 is 0. The van der Waals surface area contributed by atoms with Crippen molar-refractivity contribution in [3.05, 3.63) is 18.0 Å². The monoisotopic (exact) mass is 345 g/mol. The second kappa shape index (κ2) is 7.98. The van der Waals surface area contributed by atoms with Crippen LogP contribution in [0.1, 0.15) is 44.7 Å². The molecule has 1 saturated heterocycles. The third-order valence-electron chi connectivity index (χ3n) is 5.49. The van der Waals surface area contributed by atoms with Crippen molar-refractivity contribution in [1.29, 1.82) is 5.26 Å². The summed E-state index contributed by atoms with van der Waals surface area (Å²) in [7, 11) is 0. The molecule has 1 amide bonds. The van der Waals surface area contributed by atoms with Gasteiger partial charge in [-0.05, 0) is 19.8 Å². The number of nitrogens with zero attached hydrogens (tertiary/aromatic N) is 4. The lowest BCUT2D eigenvalue weighted by Crippen LogP contribution is -2.58. The molecular weight excluding hydrogens is 318 g/mol. The van der Waals surface area contributed by atoms with Crippen molar-refractivity contribution in [2.24, 2.45) is 0 Å². The highest BCUT2D eigenvalue weighted by atomic mass is 16.5. The van der Waals surface area contributed by atoms with E-state index in [9.17, 15) is 10.1 Å². The molecule has 0 bridgehead atoms. The molecule has 1 aliphatic heterocycles.